The van der Waals surface area contributed by atoms with E-state index in [2.05, 4.69) is 37.8 Å². The molecule has 0 N–H and O–H groups in total. The fraction of sp³-hybridized carbons (Fsp3) is 0.500. The van der Waals surface area contributed by atoms with Gasteiger partial charge in [0.25, 0.3) is 0 Å². The van der Waals surface area contributed by atoms with Gasteiger partial charge in [-0.25, -0.2) is 0 Å². The molecular weight excluding hydrogens is 252 g/mol. The van der Waals surface area contributed by atoms with E-state index in [9.17, 15) is 0 Å². The normalized spacial score (nSPS) is 12.9. The zero-order chi connectivity index (χ0) is 13.9. The number of ether oxygens (including phenoxy) is 1. The summed E-state index contributed by atoms with van der Waals surface area (Å²) in [5, 5.41) is 0. The summed E-state index contributed by atoms with van der Waals surface area (Å²) in [6.07, 6.45) is 4.03. The van der Waals surface area contributed by atoms with E-state index in [0.717, 1.165) is 26.2 Å². The molecule has 0 aromatic heterocycles. The van der Waals surface area contributed by atoms with Crippen molar-refractivity contribution in [2.75, 3.05) is 19.8 Å². The van der Waals surface area contributed by atoms with Crippen molar-refractivity contribution in [3.8, 4) is 0 Å². The second kappa shape index (κ2) is 9.95. The van der Waals surface area contributed by atoms with E-state index in [1.807, 2.05) is 13.0 Å². The van der Waals surface area contributed by atoms with Crippen molar-refractivity contribution in [3.63, 3.8) is 0 Å². The second-order valence-corrected chi connectivity index (χ2v) is 6.60. The van der Waals surface area contributed by atoms with Gasteiger partial charge in [-0.15, -0.1) is 0 Å². The van der Waals surface area contributed by atoms with Crippen LogP contribution in [0.5, 0.6) is 0 Å². The van der Waals surface area contributed by atoms with Crippen molar-refractivity contribution in [3.05, 3.63) is 42.0 Å². The number of rotatable bonds is 10. The fourth-order valence-corrected chi connectivity index (χ4v) is 2.97. The van der Waals surface area contributed by atoms with Gasteiger partial charge in [-0.05, 0) is 30.0 Å². The van der Waals surface area contributed by atoms with Gasteiger partial charge in [-0.2, -0.15) is 0 Å². The first kappa shape index (κ1) is 16.2. The smallest absolute Gasteiger partial charge is 0.166 e. The fourth-order valence-electron chi connectivity index (χ4n) is 1.83. The standard InChI is InChI=1S/C16H26O2Si/c1-4-14-7-9-15(10-8-14)11-12-18-19-16(5-2)13-17-6-3/h4,7-10,16H,1,5-6,11-13,19H2,2-3H3. The average molecular weight is 278 g/mol. The predicted octanol–water partition coefficient (Wildman–Crippen LogP) is 3.21. The van der Waals surface area contributed by atoms with Crippen LogP contribution < -0.4 is 0 Å². The predicted molar refractivity (Wildman–Crippen MR) is 85.3 cm³/mol. The lowest BCUT2D eigenvalue weighted by molar-refractivity contribution is 0.140. The molecule has 2 nitrogen and oxygen atoms in total. The SMILES string of the molecule is C=Cc1ccc(CCO[SiH2]C(CC)COCC)cc1. The molecule has 0 heterocycles. The van der Waals surface area contributed by atoms with Gasteiger partial charge in [0.1, 0.15) is 0 Å². The van der Waals surface area contributed by atoms with Crippen LogP contribution in [0.4, 0.5) is 0 Å². The molecule has 1 unspecified atom stereocenters. The topological polar surface area (TPSA) is 18.5 Å². The Balaban J connectivity index is 2.19. The first-order valence-electron chi connectivity index (χ1n) is 7.17. The molecule has 0 radical (unpaired) electrons. The molecule has 106 valence electrons. The summed E-state index contributed by atoms with van der Waals surface area (Å²) in [6.45, 7) is 10.5. The lowest BCUT2D eigenvalue weighted by atomic mass is 10.1. The highest BCUT2D eigenvalue weighted by Gasteiger charge is 2.07. The molecule has 0 aliphatic carbocycles. The third-order valence-electron chi connectivity index (χ3n) is 3.24. The molecule has 1 aromatic rings. The maximum absolute atomic E-state index is 5.88. The van der Waals surface area contributed by atoms with E-state index in [-0.39, 0.29) is 0 Å². The zero-order valence-electron chi connectivity index (χ0n) is 12.2. The Morgan fingerprint density at radius 2 is 2.00 bits per heavy atom. The van der Waals surface area contributed by atoms with Crippen molar-refractivity contribution < 1.29 is 9.16 Å². The first-order valence-corrected chi connectivity index (χ1v) is 8.56. The molecular formula is C16H26O2Si. The highest BCUT2D eigenvalue weighted by atomic mass is 28.2. The Bertz CT molecular complexity index is 348. The highest BCUT2D eigenvalue weighted by Crippen LogP contribution is 2.10. The molecule has 1 rings (SSSR count). The van der Waals surface area contributed by atoms with Crippen LogP contribution in [0.25, 0.3) is 6.08 Å². The Morgan fingerprint density at radius 3 is 2.58 bits per heavy atom. The van der Waals surface area contributed by atoms with Crippen LogP contribution >= 0.6 is 0 Å². The van der Waals surface area contributed by atoms with Crippen LogP contribution in [0.3, 0.4) is 0 Å². The molecule has 3 heteroatoms. The molecule has 1 atom stereocenters. The van der Waals surface area contributed by atoms with Crippen LogP contribution in [0.1, 0.15) is 31.4 Å². The third kappa shape index (κ3) is 6.71. The molecule has 0 spiro atoms. The largest absolute Gasteiger partial charge is 0.423 e. The molecule has 0 saturated heterocycles. The summed E-state index contributed by atoms with van der Waals surface area (Å²) in [7, 11) is -0.464. The molecule has 19 heavy (non-hydrogen) atoms. The van der Waals surface area contributed by atoms with E-state index in [4.69, 9.17) is 9.16 Å². The van der Waals surface area contributed by atoms with Gasteiger partial charge in [0.05, 0.1) is 0 Å². The summed E-state index contributed by atoms with van der Waals surface area (Å²) in [4.78, 5) is 0. The lowest BCUT2D eigenvalue weighted by Gasteiger charge is -2.14. The molecule has 0 fully saturated rings. The lowest BCUT2D eigenvalue weighted by Crippen LogP contribution is -2.15. The van der Waals surface area contributed by atoms with Crippen molar-refractivity contribution in [1.82, 2.24) is 0 Å². The Morgan fingerprint density at radius 1 is 1.26 bits per heavy atom. The first-order chi connectivity index (χ1) is 9.30. The van der Waals surface area contributed by atoms with Gasteiger partial charge in [-0.1, -0.05) is 50.3 Å². The van der Waals surface area contributed by atoms with Gasteiger partial charge in [0.15, 0.2) is 9.76 Å². The molecule has 1 aromatic carbocycles. The maximum Gasteiger partial charge on any atom is 0.166 e. The van der Waals surface area contributed by atoms with Crippen molar-refractivity contribution in [1.29, 1.82) is 0 Å². The minimum absolute atomic E-state index is 0.464. The molecule has 0 amide bonds. The summed E-state index contributed by atoms with van der Waals surface area (Å²) in [5.74, 6) is 0. The van der Waals surface area contributed by atoms with Gasteiger partial charge in [0, 0.05) is 19.8 Å². The molecule has 0 bridgehead atoms. The van der Waals surface area contributed by atoms with Crippen LogP contribution in [-0.4, -0.2) is 29.6 Å². The van der Waals surface area contributed by atoms with Crippen LogP contribution in [0, 0.1) is 0 Å². The number of hydrogen-bond acceptors (Lipinski definition) is 2. The van der Waals surface area contributed by atoms with Gasteiger partial charge in [-0.3, -0.25) is 0 Å². The van der Waals surface area contributed by atoms with E-state index >= 15 is 0 Å². The number of benzene rings is 1. The van der Waals surface area contributed by atoms with Gasteiger partial charge < -0.3 is 9.16 Å². The van der Waals surface area contributed by atoms with E-state index < -0.39 is 9.76 Å². The summed E-state index contributed by atoms with van der Waals surface area (Å²) in [6, 6.07) is 8.51. The monoisotopic (exact) mass is 278 g/mol. The van der Waals surface area contributed by atoms with Crippen molar-refractivity contribution in [2.45, 2.75) is 32.2 Å². The summed E-state index contributed by atoms with van der Waals surface area (Å²) >= 11 is 0. The highest BCUT2D eigenvalue weighted by molar-refractivity contribution is 6.29. The average Bonchev–Trinajstić information content (AvgIpc) is 2.47. The van der Waals surface area contributed by atoms with Crippen LogP contribution in [0.15, 0.2) is 30.8 Å². The minimum atomic E-state index is -0.464. The zero-order valence-corrected chi connectivity index (χ0v) is 13.6. The van der Waals surface area contributed by atoms with E-state index in [1.165, 1.54) is 17.5 Å². The quantitative estimate of drug-likeness (QED) is 0.483. The molecule has 0 aliphatic rings. The van der Waals surface area contributed by atoms with Gasteiger partial charge in [0.2, 0.25) is 0 Å². The summed E-state index contributed by atoms with van der Waals surface area (Å²) < 4.78 is 11.4. The maximum atomic E-state index is 5.88. The Labute approximate surface area is 119 Å². The Kier molecular flexibility index (Phi) is 8.46. The minimum Gasteiger partial charge on any atom is -0.423 e. The van der Waals surface area contributed by atoms with E-state index in [0.29, 0.717) is 5.54 Å². The Hall–Kier alpha value is -0.903. The van der Waals surface area contributed by atoms with Crippen molar-refractivity contribution in [2.24, 2.45) is 0 Å². The van der Waals surface area contributed by atoms with Gasteiger partial charge >= 0.3 is 0 Å². The van der Waals surface area contributed by atoms with E-state index in [1.54, 1.807) is 0 Å². The van der Waals surface area contributed by atoms with Crippen LogP contribution in [-0.2, 0) is 15.6 Å². The molecule has 0 saturated carbocycles. The third-order valence-corrected chi connectivity index (χ3v) is 5.05. The van der Waals surface area contributed by atoms with Crippen molar-refractivity contribution >= 4 is 15.8 Å². The molecule has 0 aliphatic heterocycles. The summed E-state index contributed by atoms with van der Waals surface area (Å²) in [5.41, 5.74) is 3.15. The number of hydrogen-bond donors (Lipinski definition) is 0. The second-order valence-electron chi connectivity index (χ2n) is 4.70. The van der Waals surface area contributed by atoms with Crippen LogP contribution in [0.2, 0.25) is 5.54 Å².